The lowest BCUT2D eigenvalue weighted by Crippen LogP contribution is -2.11. The van der Waals surface area contributed by atoms with Crippen LogP contribution in [0.15, 0.2) is 18.5 Å². The van der Waals surface area contributed by atoms with E-state index >= 15 is 0 Å². The highest BCUT2D eigenvalue weighted by molar-refractivity contribution is 7.14. The minimum absolute atomic E-state index is 0.192. The van der Waals surface area contributed by atoms with Gasteiger partial charge >= 0.3 is 0 Å². The van der Waals surface area contributed by atoms with Crippen LogP contribution in [-0.2, 0) is 0 Å². The van der Waals surface area contributed by atoms with E-state index in [4.69, 9.17) is 11.6 Å². The Labute approximate surface area is 108 Å². The number of nitrogens with zero attached hydrogens (tertiary/aromatic N) is 2. The first-order valence-corrected chi connectivity index (χ1v) is 6.11. The molecule has 0 aliphatic carbocycles. The van der Waals surface area contributed by atoms with Gasteiger partial charge in [0.25, 0.3) is 5.91 Å². The van der Waals surface area contributed by atoms with Gasteiger partial charge in [0, 0.05) is 4.88 Å². The summed E-state index contributed by atoms with van der Waals surface area (Å²) in [6.45, 7) is 3.96. The third-order valence-electron chi connectivity index (χ3n) is 2.24. The van der Waals surface area contributed by atoms with E-state index in [0.717, 1.165) is 10.4 Å². The van der Waals surface area contributed by atoms with Crippen LogP contribution < -0.4 is 5.32 Å². The molecule has 0 unspecified atom stereocenters. The van der Waals surface area contributed by atoms with Gasteiger partial charge in [-0.3, -0.25) is 9.78 Å². The van der Waals surface area contributed by atoms with Gasteiger partial charge < -0.3 is 5.32 Å². The average Bonchev–Trinajstić information content (AvgIpc) is 2.59. The lowest BCUT2D eigenvalue weighted by atomic mass is 10.3. The third-order valence-corrected chi connectivity index (χ3v) is 3.57. The molecule has 2 aromatic rings. The molecule has 0 atom stereocenters. The largest absolute Gasteiger partial charge is 0.305 e. The Hall–Kier alpha value is -1.46. The van der Waals surface area contributed by atoms with Crippen LogP contribution in [-0.4, -0.2) is 15.9 Å². The monoisotopic (exact) mass is 267 g/mol. The fourth-order valence-electron chi connectivity index (χ4n) is 1.27. The van der Waals surface area contributed by atoms with E-state index in [9.17, 15) is 4.79 Å². The summed E-state index contributed by atoms with van der Waals surface area (Å²) >= 11 is 7.13. The highest BCUT2D eigenvalue weighted by Gasteiger charge is 2.11. The number of halogens is 1. The molecule has 0 saturated heterocycles. The Morgan fingerprint density at radius 1 is 1.41 bits per heavy atom. The molecule has 2 aromatic heterocycles. The summed E-state index contributed by atoms with van der Waals surface area (Å²) < 4.78 is 0. The third kappa shape index (κ3) is 2.81. The fourth-order valence-corrected chi connectivity index (χ4v) is 2.34. The molecule has 1 amide bonds. The van der Waals surface area contributed by atoms with E-state index in [1.807, 2.05) is 19.9 Å². The van der Waals surface area contributed by atoms with Crippen LogP contribution >= 0.6 is 22.9 Å². The molecule has 0 aliphatic rings. The number of carbonyl (C=O) groups is 1. The van der Waals surface area contributed by atoms with Gasteiger partial charge in [-0.1, -0.05) is 11.6 Å². The smallest absolute Gasteiger partial charge is 0.266 e. The number of hydrogen-bond donors (Lipinski definition) is 1. The molecule has 0 aromatic carbocycles. The van der Waals surface area contributed by atoms with Crippen LogP contribution in [0, 0.1) is 13.8 Å². The zero-order valence-corrected chi connectivity index (χ0v) is 10.9. The zero-order chi connectivity index (χ0) is 12.4. The van der Waals surface area contributed by atoms with E-state index in [-0.39, 0.29) is 11.1 Å². The Kier molecular flexibility index (Phi) is 3.40. The van der Waals surface area contributed by atoms with Gasteiger partial charge in [-0.15, -0.1) is 11.3 Å². The number of aryl methyl sites for hydroxylation is 2. The Morgan fingerprint density at radius 3 is 2.76 bits per heavy atom. The van der Waals surface area contributed by atoms with E-state index in [0.29, 0.717) is 10.7 Å². The van der Waals surface area contributed by atoms with E-state index < -0.39 is 0 Å². The summed E-state index contributed by atoms with van der Waals surface area (Å²) in [6, 6.07) is 1.85. The number of thiophene rings is 1. The summed E-state index contributed by atoms with van der Waals surface area (Å²) in [6.07, 6.45) is 2.87. The summed E-state index contributed by atoms with van der Waals surface area (Å²) in [5, 5.41) is 2.90. The maximum atomic E-state index is 11.9. The second-order valence-corrected chi connectivity index (χ2v) is 5.17. The number of rotatable bonds is 2. The molecule has 0 saturated carbocycles. The molecule has 0 fully saturated rings. The van der Waals surface area contributed by atoms with Crippen molar-refractivity contribution >= 4 is 34.7 Å². The Balaban J connectivity index is 2.17. The van der Waals surface area contributed by atoms with Crippen LogP contribution in [0.4, 0.5) is 5.82 Å². The highest BCUT2D eigenvalue weighted by Crippen LogP contribution is 2.21. The second-order valence-electron chi connectivity index (χ2n) is 3.53. The van der Waals surface area contributed by atoms with E-state index in [2.05, 4.69) is 15.3 Å². The number of carbonyl (C=O) groups excluding carboxylic acids is 1. The van der Waals surface area contributed by atoms with Crippen LogP contribution in [0.3, 0.4) is 0 Å². The number of anilines is 1. The quantitative estimate of drug-likeness (QED) is 0.910. The van der Waals surface area contributed by atoms with Crippen molar-refractivity contribution in [3.8, 4) is 0 Å². The Bertz CT molecular complexity index is 548. The molecule has 0 radical (unpaired) electrons. The van der Waals surface area contributed by atoms with Gasteiger partial charge in [-0.2, -0.15) is 0 Å². The van der Waals surface area contributed by atoms with Crippen LogP contribution in [0.5, 0.6) is 0 Å². The lowest BCUT2D eigenvalue weighted by Gasteiger charge is -2.01. The molecule has 17 heavy (non-hydrogen) atoms. The predicted octanol–water partition coefficient (Wildman–Crippen LogP) is 3.06. The van der Waals surface area contributed by atoms with Gasteiger partial charge in [0.1, 0.15) is 5.15 Å². The van der Waals surface area contributed by atoms with Gasteiger partial charge in [0.2, 0.25) is 0 Å². The molecule has 0 bridgehead atoms. The lowest BCUT2D eigenvalue weighted by molar-refractivity contribution is 0.103. The fraction of sp³-hybridized carbons (Fsp3) is 0.182. The SMILES string of the molecule is Cc1cc(C(=O)Nc2cncc(Cl)n2)sc1C. The van der Waals surface area contributed by atoms with Crippen molar-refractivity contribution in [2.24, 2.45) is 0 Å². The first kappa shape index (κ1) is 12.0. The van der Waals surface area contributed by atoms with E-state index in [1.54, 1.807) is 0 Å². The summed E-state index contributed by atoms with van der Waals surface area (Å²) in [4.78, 5) is 21.5. The first-order chi connectivity index (χ1) is 8.06. The van der Waals surface area contributed by atoms with E-state index in [1.165, 1.54) is 23.7 Å². The summed E-state index contributed by atoms with van der Waals surface area (Å²) in [5.74, 6) is 0.161. The van der Waals surface area contributed by atoms with Crippen molar-refractivity contribution < 1.29 is 4.79 Å². The molecule has 2 heterocycles. The molecule has 0 aliphatic heterocycles. The van der Waals surface area contributed by atoms with Gasteiger partial charge in [0.05, 0.1) is 17.3 Å². The zero-order valence-electron chi connectivity index (χ0n) is 9.32. The maximum Gasteiger partial charge on any atom is 0.266 e. The maximum absolute atomic E-state index is 11.9. The van der Waals surface area contributed by atoms with Crippen molar-refractivity contribution in [2.45, 2.75) is 13.8 Å². The molecular weight excluding hydrogens is 258 g/mol. The first-order valence-electron chi connectivity index (χ1n) is 4.92. The van der Waals surface area contributed by atoms with Gasteiger partial charge in [-0.05, 0) is 25.5 Å². The molecule has 4 nitrogen and oxygen atoms in total. The highest BCUT2D eigenvalue weighted by atomic mass is 35.5. The molecular formula is C11H10ClN3OS. The topological polar surface area (TPSA) is 54.9 Å². The number of hydrogen-bond acceptors (Lipinski definition) is 4. The van der Waals surface area contributed by atoms with Crippen LogP contribution in [0.2, 0.25) is 5.15 Å². The van der Waals surface area contributed by atoms with Crippen LogP contribution in [0.25, 0.3) is 0 Å². The minimum atomic E-state index is -0.192. The van der Waals surface area contributed by atoms with Crippen molar-refractivity contribution in [1.82, 2.24) is 9.97 Å². The average molecular weight is 268 g/mol. The van der Waals surface area contributed by atoms with Crippen molar-refractivity contribution in [2.75, 3.05) is 5.32 Å². The number of nitrogens with one attached hydrogen (secondary N) is 1. The van der Waals surface area contributed by atoms with Crippen molar-refractivity contribution in [3.63, 3.8) is 0 Å². The van der Waals surface area contributed by atoms with Crippen LogP contribution in [0.1, 0.15) is 20.1 Å². The molecule has 0 spiro atoms. The van der Waals surface area contributed by atoms with Gasteiger partial charge in [0.15, 0.2) is 5.82 Å². The normalized spacial score (nSPS) is 10.3. The second kappa shape index (κ2) is 4.81. The minimum Gasteiger partial charge on any atom is -0.305 e. The standard InChI is InChI=1S/C11H10ClN3OS/c1-6-3-8(17-7(6)2)11(16)15-10-5-13-4-9(12)14-10/h3-5H,1-2H3,(H,14,15,16). The molecule has 6 heteroatoms. The summed E-state index contributed by atoms with van der Waals surface area (Å²) in [7, 11) is 0. The summed E-state index contributed by atoms with van der Waals surface area (Å²) in [5.41, 5.74) is 1.11. The Morgan fingerprint density at radius 2 is 2.18 bits per heavy atom. The molecule has 2 rings (SSSR count). The van der Waals surface area contributed by atoms with Crippen molar-refractivity contribution in [3.05, 3.63) is 38.9 Å². The molecule has 88 valence electrons. The van der Waals surface area contributed by atoms with Crippen molar-refractivity contribution in [1.29, 1.82) is 0 Å². The number of aromatic nitrogens is 2. The number of amides is 1. The van der Waals surface area contributed by atoms with Gasteiger partial charge in [-0.25, -0.2) is 4.98 Å². The predicted molar refractivity (Wildman–Crippen MR) is 68.8 cm³/mol. The molecule has 1 N–H and O–H groups in total.